The van der Waals surface area contributed by atoms with E-state index in [0.29, 0.717) is 6.42 Å². The second-order valence-electron chi connectivity index (χ2n) is 1.71. The van der Waals surface area contributed by atoms with Gasteiger partial charge in [-0.25, -0.2) is 8.42 Å². The molecule has 0 N–H and O–H groups in total. The van der Waals surface area contributed by atoms with E-state index in [0.717, 1.165) is 7.05 Å². The SMILES string of the molecule is CCCS(=O)(=O)N(C)F. The Kier molecular flexibility index (Phi) is 3.07. The smallest absolute Gasteiger partial charge is 0.210 e. The monoisotopic (exact) mass is 155 g/mol. The molecule has 0 aromatic carbocycles. The van der Waals surface area contributed by atoms with Crippen LogP contribution in [-0.4, -0.2) is 25.7 Å². The zero-order valence-electron chi connectivity index (χ0n) is 5.46. The third-order valence-electron chi connectivity index (χ3n) is 0.845. The molecule has 0 aliphatic heterocycles. The van der Waals surface area contributed by atoms with Gasteiger partial charge in [-0.3, -0.25) is 0 Å². The van der Waals surface area contributed by atoms with Crippen LogP contribution in [0.4, 0.5) is 4.48 Å². The molecule has 0 amide bonds. The molecule has 0 saturated carbocycles. The maximum atomic E-state index is 11.9. The van der Waals surface area contributed by atoms with Crippen LogP contribution < -0.4 is 0 Å². The molecule has 0 aromatic rings. The van der Waals surface area contributed by atoms with E-state index in [2.05, 4.69) is 0 Å². The van der Waals surface area contributed by atoms with Gasteiger partial charge in [-0.2, -0.15) is 0 Å². The molecule has 0 unspecified atom stereocenters. The van der Waals surface area contributed by atoms with Crippen LogP contribution in [0.25, 0.3) is 0 Å². The van der Waals surface area contributed by atoms with Crippen molar-refractivity contribution in [2.45, 2.75) is 13.3 Å². The highest BCUT2D eigenvalue weighted by Gasteiger charge is 2.14. The Hall–Kier alpha value is -0.160. The summed E-state index contributed by atoms with van der Waals surface area (Å²) in [6, 6.07) is 0. The molecule has 0 spiro atoms. The van der Waals surface area contributed by atoms with E-state index in [1.807, 2.05) is 0 Å². The van der Waals surface area contributed by atoms with E-state index in [4.69, 9.17) is 0 Å². The second-order valence-corrected chi connectivity index (χ2v) is 3.78. The van der Waals surface area contributed by atoms with Crippen molar-refractivity contribution >= 4 is 10.0 Å². The average Bonchev–Trinajstić information content (AvgIpc) is 1.65. The lowest BCUT2D eigenvalue weighted by Gasteiger charge is -2.03. The van der Waals surface area contributed by atoms with E-state index < -0.39 is 10.0 Å². The molecule has 0 heterocycles. The van der Waals surface area contributed by atoms with Crippen molar-refractivity contribution in [1.82, 2.24) is 4.53 Å². The van der Waals surface area contributed by atoms with E-state index in [-0.39, 0.29) is 10.3 Å². The van der Waals surface area contributed by atoms with Crippen LogP contribution in [0.5, 0.6) is 0 Å². The van der Waals surface area contributed by atoms with Crippen LogP contribution in [0.2, 0.25) is 0 Å². The summed E-state index contributed by atoms with van der Waals surface area (Å²) in [5.41, 5.74) is 0. The summed E-state index contributed by atoms with van der Waals surface area (Å²) < 4.78 is 32.6. The number of nitrogens with zero attached hydrogens (tertiary/aromatic N) is 1. The lowest BCUT2D eigenvalue weighted by atomic mass is 10.6. The maximum Gasteiger partial charge on any atom is 0.239 e. The summed E-state index contributed by atoms with van der Waals surface area (Å²) in [5, 5.41) is 0. The molecule has 0 aliphatic rings. The highest BCUT2D eigenvalue weighted by atomic mass is 32.2. The molecule has 5 heteroatoms. The fraction of sp³-hybridized carbons (Fsp3) is 1.00. The van der Waals surface area contributed by atoms with Gasteiger partial charge in [0.25, 0.3) is 0 Å². The van der Waals surface area contributed by atoms with Gasteiger partial charge < -0.3 is 0 Å². The van der Waals surface area contributed by atoms with Gasteiger partial charge in [0.15, 0.2) is 0 Å². The Morgan fingerprint density at radius 2 is 2.00 bits per heavy atom. The summed E-state index contributed by atoms with van der Waals surface area (Å²) >= 11 is 0. The van der Waals surface area contributed by atoms with Gasteiger partial charge in [0.05, 0.1) is 5.75 Å². The highest BCUT2D eigenvalue weighted by molar-refractivity contribution is 7.88. The van der Waals surface area contributed by atoms with Gasteiger partial charge in [0, 0.05) is 7.05 Å². The Bertz CT molecular complexity index is 163. The number of sulfonamides is 1. The summed E-state index contributed by atoms with van der Waals surface area (Å²) in [4.78, 5) is 0. The molecular formula is C4H10FNO2S. The van der Waals surface area contributed by atoms with E-state index in [1.54, 1.807) is 6.92 Å². The van der Waals surface area contributed by atoms with Crippen LogP contribution >= 0.6 is 0 Å². The molecule has 0 rings (SSSR count). The molecule has 0 radical (unpaired) electrons. The van der Waals surface area contributed by atoms with Gasteiger partial charge in [0.1, 0.15) is 0 Å². The number of rotatable bonds is 3. The van der Waals surface area contributed by atoms with Gasteiger partial charge in [-0.05, 0) is 10.9 Å². The zero-order chi connectivity index (χ0) is 7.49. The van der Waals surface area contributed by atoms with Crippen LogP contribution in [0.1, 0.15) is 13.3 Å². The molecule has 3 nitrogen and oxygen atoms in total. The van der Waals surface area contributed by atoms with Crippen LogP contribution in [0.3, 0.4) is 0 Å². The van der Waals surface area contributed by atoms with E-state index in [9.17, 15) is 12.9 Å². The molecule has 0 saturated heterocycles. The first-order valence-electron chi connectivity index (χ1n) is 2.63. The van der Waals surface area contributed by atoms with Crippen molar-refractivity contribution in [2.24, 2.45) is 0 Å². The van der Waals surface area contributed by atoms with Crippen molar-refractivity contribution < 1.29 is 12.9 Å². The second kappa shape index (κ2) is 3.12. The van der Waals surface area contributed by atoms with E-state index >= 15 is 0 Å². The van der Waals surface area contributed by atoms with Crippen LogP contribution in [0, 0.1) is 0 Å². The topological polar surface area (TPSA) is 37.4 Å². The lowest BCUT2D eigenvalue weighted by Crippen LogP contribution is -2.20. The molecule has 9 heavy (non-hydrogen) atoms. The summed E-state index contributed by atoms with van der Waals surface area (Å²) in [7, 11) is -2.70. The van der Waals surface area contributed by atoms with Crippen LogP contribution in [-0.2, 0) is 10.0 Å². The predicted octanol–water partition coefficient (Wildman–Crippen LogP) is 0.543. The first-order chi connectivity index (χ1) is 4.00. The molecule has 0 atom stereocenters. The van der Waals surface area contributed by atoms with E-state index in [1.165, 1.54) is 0 Å². The highest BCUT2D eigenvalue weighted by Crippen LogP contribution is 1.98. The average molecular weight is 155 g/mol. The maximum absolute atomic E-state index is 11.9. The van der Waals surface area contributed by atoms with Crippen LogP contribution in [0.15, 0.2) is 0 Å². The Morgan fingerprint density at radius 3 is 2.11 bits per heavy atom. The number of halogens is 1. The summed E-state index contributed by atoms with van der Waals surface area (Å²) in [6.07, 6.45) is 0.441. The van der Waals surface area contributed by atoms with Gasteiger partial charge in [-0.15, -0.1) is 4.48 Å². The van der Waals surface area contributed by atoms with Gasteiger partial charge in [0.2, 0.25) is 10.0 Å². The lowest BCUT2D eigenvalue weighted by molar-refractivity contribution is 0.178. The quantitative estimate of drug-likeness (QED) is 0.558. The molecule has 0 aliphatic carbocycles. The fourth-order valence-electron chi connectivity index (χ4n) is 0.384. The fourth-order valence-corrected chi connectivity index (χ4v) is 1.15. The Labute approximate surface area is 54.5 Å². The molecule has 0 bridgehead atoms. The molecule has 0 fully saturated rings. The van der Waals surface area contributed by atoms with Crippen molar-refractivity contribution in [1.29, 1.82) is 0 Å². The van der Waals surface area contributed by atoms with Gasteiger partial charge >= 0.3 is 0 Å². The Morgan fingerprint density at radius 1 is 1.56 bits per heavy atom. The first-order valence-corrected chi connectivity index (χ1v) is 4.24. The number of hydrogen-bond acceptors (Lipinski definition) is 2. The minimum Gasteiger partial charge on any atom is -0.210 e. The predicted molar refractivity (Wildman–Crippen MR) is 32.9 cm³/mol. The molecule has 0 aromatic heterocycles. The Balaban J connectivity index is 4.05. The van der Waals surface area contributed by atoms with Gasteiger partial charge in [-0.1, -0.05) is 6.92 Å². The third-order valence-corrected chi connectivity index (χ3v) is 2.54. The minimum absolute atomic E-state index is 0.125. The third kappa shape index (κ3) is 2.76. The van der Waals surface area contributed by atoms with Crippen molar-refractivity contribution in [3.05, 3.63) is 0 Å². The number of hydrogen-bond donors (Lipinski definition) is 0. The van der Waals surface area contributed by atoms with Crippen molar-refractivity contribution in [3.8, 4) is 0 Å². The normalized spacial score (nSPS) is 12.4. The minimum atomic E-state index is -3.58. The molecule has 56 valence electrons. The summed E-state index contributed by atoms with van der Waals surface area (Å²) in [5.74, 6) is -0.125. The summed E-state index contributed by atoms with van der Waals surface area (Å²) in [6.45, 7) is 1.68. The van der Waals surface area contributed by atoms with Crippen molar-refractivity contribution in [2.75, 3.05) is 12.8 Å². The standard InChI is InChI=1S/C4H10FNO2S/c1-3-4-9(7,8)6(2)5/h3-4H2,1-2H3. The first kappa shape index (κ1) is 8.84. The largest absolute Gasteiger partial charge is 0.239 e. The molecular weight excluding hydrogens is 145 g/mol. The zero-order valence-corrected chi connectivity index (χ0v) is 6.28. The van der Waals surface area contributed by atoms with Crippen molar-refractivity contribution in [3.63, 3.8) is 0 Å².